The normalized spacial score (nSPS) is 26.4. The second kappa shape index (κ2) is 5.59. The molecule has 2 unspecified atom stereocenters. The summed E-state index contributed by atoms with van der Waals surface area (Å²) >= 11 is 0. The number of benzene rings is 1. The van der Waals surface area contributed by atoms with Crippen LogP contribution >= 0.6 is 0 Å². The van der Waals surface area contributed by atoms with E-state index in [0.29, 0.717) is 9.87 Å². The first-order valence-corrected chi connectivity index (χ1v) is 8.76. The van der Waals surface area contributed by atoms with Crippen LogP contribution in [0.25, 0.3) is 0 Å². The number of allylic oxidation sites excluding steroid dienone is 3. The summed E-state index contributed by atoms with van der Waals surface area (Å²) in [4.78, 5) is 12.4. The van der Waals surface area contributed by atoms with Gasteiger partial charge in [-0.1, -0.05) is 36.9 Å². The van der Waals surface area contributed by atoms with Crippen molar-refractivity contribution < 1.29 is 22.3 Å². The fourth-order valence-electron chi connectivity index (χ4n) is 2.78. The van der Waals surface area contributed by atoms with E-state index in [1.165, 1.54) is 25.1 Å². The molecule has 1 aliphatic carbocycles. The molecule has 1 heterocycles. The molecule has 1 amide bonds. The fourth-order valence-corrected chi connectivity index (χ4v) is 4.47. The maximum Gasteiger partial charge on any atom is 0.429 e. The molecule has 0 bridgehead atoms. The smallest absolute Gasteiger partial charge is 0.429 e. The molecule has 0 fully saturated rings. The highest BCUT2D eigenvalue weighted by Gasteiger charge is 2.52. The second-order valence-corrected chi connectivity index (χ2v) is 7.96. The van der Waals surface area contributed by atoms with Crippen LogP contribution in [0.2, 0.25) is 0 Å². The number of ether oxygens (including phenoxy) is 1. The SMILES string of the molecule is C=CC1OC(=O)N(S(=O)(=O)C2(C)CC=CC=C2F)c2ccccc21. The first-order chi connectivity index (χ1) is 11.3. The van der Waals surface area contributed by atoms with Gasteiger partial charge in [0.2, 0.25) is 0 Å². The van der Waals surface area contributed by atoms with Crippen LogP contribution in [0.4, 0.5) is 14.9 Å². The summed E-state index contributed by atoms with van der Waals surface area (Å²) in [6, 6.07) is 6.44. The van der Waals surface area contributed by atoms with Crippen LogP contribution in [-0.2, 0) is 14.8 Å². The summed E-state index contributed by atoms with van der Waals surface area (Å²) in [6.07, 6.45) is 3.61. The highest BCUT2D eigenvalue weighted by atomic mass is 32.2. The fraction of sp³-hybridized carbons (Fsp3) is 0.235. The number of fused-ring (bicyclic) bond motifs is 1. The van der Waals surface area contributed by atoms with Crippen molar-refractivity contribution in [2.75, 3.05) is 4.31 Å². The van der Waals surface area contributed by atoms with Crippen LogP contribution in [0.15, 0.2) is 61.0 Å². The number of nitrogens with zero attached hydrogens (tertiary/aromatic N) is 1. The molecule has 0 spiro atoms. The van der Waals surface area contributed by atoms with Crippen molar-refractivity contribution in [3.05, 3.63) is 66.5 Å². The molecule has 1 aromatic carbocycles. The largest absolute Gasteiger partial charge is 0.436 e. The number of carbonyl (C=O) groups is 1. The van der Waals surface area contributed by atoms with Gasteiger partial charge >= 0.3 is 6.09 Å². The molecule has 1 aromatic rings. The topological polar surface area (TPSA) is 63.7 Å². The van der Waals surface area contributed by atoms with Crippen molar-refractivity contribution in [1.29, 1.82) is 0 Å². The van der Waals surface area contributed by atoms with Gasteiger partial charge in [-0.15, -0.1) is 0 Å². The van der Waals surface area contributed by atoms with E-state index in [2.05, 4.69) is 6.58 Å². The quantitative estimate of drug-likeness (QED) is 0.779. The summed E-state index contributed by atoms with van der Waals surface area (Å²) in [5, 5.41) is 0. The molecular weight excluding hydrogens is 333 g/mol. The minimum Gasteiger partial charge on any atom is -0.436 e. The lowest BCUT2D eigenvalue weighted by molar-refractivity contribution is 0.126. The van der Waals surface area contributed by atoms with E-state index < -0.39 is 32.8 Å². The number of para-hydroxylation sites is 1. The summed E-state index contributed by atoms with van der Waals surface area (Å²) in [5.41, 5.74) is 0.636. The Balaban J connectivity index is 2.18. The third-order valence-corrected chi connectivity index (χ3v) is 6.60. The van der Waals surface area contributed by atoms with Crippen molar-refractivity contribution in [2.24, 2.45) is 0 Å². The van der Waals surface area contributed by atoms with Gasteiger partial charge in [0.25, 0.3) is 10.0 Å². The minimum atomic E-state index is -4.40. The maximum absolute atomic E-state index is 14.4. The summed E-state index contributed by atoms with van der Waals surface area (Å²) in [6.45, 7) is 4.85. The van der Waals surface area contributed by atoms with Crippen molar-refractivity contribution >= 4 is 21.8 Å². The van der Waals surface area contributed by atoms with E-state index in [-0.39, 0.29) is 12.1 Å². The number of hydrogen-bond donors (Lipinski definition) is 0. The van der Waals surface area contributed by atoms with Crippen LogP contribution in [0.3, 0.4) is 0 Å². The number of sulfonamides is 1. The number of anilines is 1. The van der Waals surface area contributed by atoms with E-state index >= 15 is 0 Å². The molecular formula is C17H16FNO4S. The average Bonchev–Trinajstić information content (AvgIpc) is 2.56. The molecule has 24 heavy (non-hydrogen) atoms. The maximum atomic E-state index is 14.4. The zero-order valence-corrected chi connectivity index (χ0v) is 13.8. The number of halogens is 1. The van der Waals surface area contributed by atoms with E-state index in [0.717, 1.165) is 6.08 Å². The van der Waals surface area contributed by atoms with Gasteiger partial charge in [0.15, 0.2) is 0 Å². The van der Waals surface area contributed by atoms with Gasteiger partial charge in [-0.3, -0.25) is 0 Å². The Kier molecular flexibility index (Phi) is 3.83. The van der Waals surface area contributed by atoms with Gasteiger partial charge in [-0.2, -0.15) is 4.31 Å². The number of carbonyl (C=O) groups excluding carboxylic acids is 1. The molecule has 3 rings (SSSR count). The van der Waals surface area contributed by atoms with Crippen LogP contribution in [-0.4, -0.2) is 19.3 Å². The predicted octanol–water partition coefficient (Wildman–Crippen LogP) is 3.77. The standard InChI is InChI=1S/C17H16FNO4S/c1-3-14-12-8-4-5-9-13(12)19(16(20)23-14)24(21,22)17(2)11-7-6-10-15(17)18/h3-10,14H,1,11H2,2H3. The van der Waals surface area contributed by atoms with Crippen molar-refractivity contribution in [2.45, 2.75) is 24.2 Å². The highest BCUT2D eigenvalue weighted by Crippen LogP contribution is 2.43. The van der Waals surface area contributed by atoms with Crippen molar-refractivity contribution in [3.63, 3.8) is 0 Å². The third kappa shape index (κ3) is 2.19. The Labute approximate surface area is 139 Å². The molecule has 0 aromatic heterocycles. The first-order valence-electron chi connectivity index (χ1n) is 7.32. The number of amides is 1. The molecule has 1 aliphatic heterocycles. The van der Waals surface area contributed by atoms with Gasteiger partial charge in [0.05, 0.1) is 5.69 Å². The van der Waals surface area contributed by atoms with Gasteiger partial charge in [0.1, 0.15) is 16.7 Å². The van der Waals surface area contributed by atoms with Gasteiger partial charge < -0.3 is 4.74 Å². The van der Waals surface area contributed by atoms with Gasteiger partial charge in [-0.05, 0) is 31.6 Å². The lowest BCUT2D eigenvalue weighted by atomic mass is 10.0. The molecule has 2 aliphatic rings. The Morgan fingerprint density at radius 3 is 2.79 bits per heavy atom. The molecule has 7 heteroatoms. The summed E-state index contributed by atoms with van der Waals surface area (Å²) in [7, 11) is -4.40. The number of cyclic esters (lactones) is 1. The molecule has 5 nitrogen and oxygen atoms in total. The zero-order valence-electron chi connectivity index (χ0n) is 13.0. The Hall–Kier alpha value is -2.41. The lowest BCUT2D eigenvalue weighted by Crippen LogP contribution is -2.52. The third-order valence-electron chi connectivity index (χ3n) is 4.27. The number of hydrogen-bond acceptors (Lipinski definition) is 4. The Morgan fingerprint density at radius 2 is 2.12 bits per heavy atom. The van der Waals surface area contributed by atoms with Crippen molar-refractivity contribution in [1.82, 2.24) is 0 Å². The van der Waals surface area contributed by atoms with Crippen LogP contribution in [0.5, 0.6) is 0 Å². The Morgan fingerprint density at radius 1 is 1.42 bits per heavy atom. The van der Waals surface area contributed by atoms with Crippen LogP contribution in [0, 0.1) is 0 Å². The second-order valence-electron chi connectivity index (χ2n) is 5.75. The Bertz CT molecular complexity index is 874. The van der Waals surface area contributed by atoms with Gasteiger partial charge in [-0.25, -0.2) is 17.6 Å². The predicted molar refractivity (Wildman–Crippen MR) is 88.6 cm³/mol. The van der Waals surface area contributed by atoms with Crippen LogP contribution < -0.4 is 4.31 Å². The summed E-state index contributed by atoms with van der Waals surface area (Å²) < 4.78 is 44.5. The molecule has 0 saturated carbocycles. The van der Waals surface area contributed by atoms with E-state index in [9.17, 15) is 17.6 Å². The van der Waals surface area contributed by atoms with Crippen molar-refractivity contribution in [3.8, 4) is 0 Å². The molecule has 0 radical (unpaired) electrons. The molecule has 0 N–H and O–H groups in total. The van der Waals surface area contributed by atoms with Gasteiger partial charge in [0, 0.05) is 5.56 Å². The highest BCUT2D eigenvalue weighted by molar-refractivity contribution is 7.95. The zero-order chi connectivity index (χ0) is 17.5. The molecule has 0 saturated heterocycles. The van der Waals surface area contributed by atoms with E-state index in [1.807, 2.05) is 0 Å². The molecule has 2 atom stereocenters. The minimum absolute atomic E-state index is 0.0749. The lowest BCUT2D eigenvalue weighted by Gasteiger charge is -2.38. The molecule has 126 valence electrons. The van der Waals surface area contributed by atoms with E-state index in [1.54, 1.807) is 24.3 Å². The van der Waals surface area contributed by atoms with E-state index in [4.69, 9.17) is 4.74 Å². The number of rotatable bonds is 3. The monoisotopic (exact) mass is 349 g/mol. The summed E-state index contributed by atoms with van der Waals surface area (Å²) in [5.74, 6) is -0.818. The first kappa shape index (κ1) is 16.4. The average molecular weight is 349 g/mol. The van der Waals surface area contributed by atoms with Crippen LogP contribution in [0.1, 0.15) is 25.0 Å².